The van der Waals surface area contributed by atoms with E-state index in [2.05, 4.69) is 17.6 Å². The summed E-state index contributed by atoms with van der Waals surface area (Å²) in [5.74, 6) is 0.198. The Balaban J connectivity index is 1.41. The zero-order chi connectivity index (χ0) is 25.5. The fourth-order valence-electron chi connectivity index (χ4n) is 4.92. The molecule has 3 aromatic carbocycles. The molecule has 0 aliphatic carbocycles. The van der Waals surface area contributed by atoms with Gasteiger partial charge in [0.15, 0.2) is 0 Å². The predicted octanol–water partition coefficient (Wildman–Crippen LogP) is 4.32. The lowest BCUT2D eigenvalue weighted by atomic mass is 9.95. The van der Waals surface area contributed by atoms with Gasteiger partial charge in [0.2, 0.25) is 5.91 Å². The summed E-state index contributed by atoms with van der Waals surface area (Å²) in [7, 11) is 0. The van der Waals surface area contributed by atoms with E-state index >= 15 is 0 Å². The SMILES string of the molecule is CCC(CN1CC[C@@H](CNC(=O)c2ccc3ccccc3c2)N[C@@H](CCN)C1=O)c1ccc(Cl)cc1. The largest absolute Gasteiger partial charge is 0.350 e. The van der Waals surface area contributed by atoms with Gasteiger partial charge in [-0.1, -0.05) is 61.0 Å². The van der Waals surface area contributed by atoms with Gasteiger partial charge in [-0.05, 0) is 66.4 Å². The topological polar surface area (TPSA) is 87.5 Å². The highest BCUT2D eigenvalue weighted by atomic mass is 35.5. The predicted molar refractivity (Wildman–Crippen MR) is 146 cm³/mol. The maximum atomic E-state index is 13.4. The van der Waals surface area contributed by atoms with E-state index in [4.69, 9.17) is 17.3 Å². The summed E-state index contributed by atoms with van der Waals surface area (Å²) in [6, 6.07) is 21.2. The molecule has 0 aromatic heterocycles. The van der Waals surface area contributed by atoms with Crippen molar-refractivity contribution in [2.45, 2.75) is 44.2 Å². The highest BCUT2D eigenvalue weighted by molar-refractivity contribution is 6.30. The molecule has 7 heteroatoms. The van der Waals surface area contributed by atoms with Crippen molar-refractivity contribution in [2.75, 3.05) is 26.2 Å². The first-order valence-electron chi connectivity index (χ1n) is 12.8. The average Bonchev–Trinajstić information content (AvgIpc) is 3.04. The number of nitrogens with one attached hydrogen (secondary N) is 2. The van der Waals surface area contributed by atoms with Gasteiger partial charge in [-0.2, -0.15) is 0 Å². The number of amides is 2. The van der Waals surface area contributed by atoms with Crippen LogP contribution in [0.1, 0.15) is 48.0 Å². The van der Waals surface area contributed by atoms with Gasteiger partial charge < -0.3 is 21.3 Å². The Morgan fingerprint density at radius 1 is 1.14 bits per heavy atom. The number of rotatable bonds is 9. The van der Waals surface area contributed by atoms with Crippen LogP contribution in [-0.4, -0.2) is 55.0 Å². The normalized spacial score (nSPS) is 19.2. The van der Waals surface area contributed by atoms with Crippen LogP contribution < -0.4 is 16.4 Å². The summed E-state index contributed by atoms with van der Waals surface area (Å²) < 4.78 is 0. The Labute approximate surface area is 218 Å². The van der Waals surface area contributed by atoms with Gasteiger partial charge in [0, 0.05) is 42.2 Å². The Hall–Kier alpha value is -2.93. The summed E-state index contributed by atoms with van der Waals surface area (Å²) in [4.78, 5) is 28.2. The van der Waals surface area contributed by atoms with Crippen molar-refractivity contribution in [3.8, 4) is 0 Å². The van der Waals surface area contributed by atoms with E-state index in [0.717, 1.165) is 23.6 Å². The highest BCUT2D eigenvalue weighted by Gasteiger charge is 2.31. The quantitative estimate of drug-likeness (QED) is 0.403. The monoisotopic (exact) mass is 506 g/mol. The number of fused-ring (bicyclic) bond motifs is 1. The fourth-order valence-corrected chi connectivity index (χ4v) is 5.04. The minimum absolute atomic E-state index is 0.0180. The molecule has 1 fully saturated rings. The minimum atomic E-state index is -0.359. The van der Waals surface area contributed by atoms with Crippen LogP contribution in [0.5, 0.6) is 0 Å². The third-order valence-electron chi connectivity index (χ3n) is 7.05. The smallest absolute Gasteiger partial charge is 0.251 e. The molecule has 1 heterocycles. The zero-order valence-corrected chi connectivity index (χ0v) is 21.5. The Morgan fingerprint density at radius 2 is 1.89 bits per heavy atom. The van der Waals surface area contributed by atoms with Crippen LogP contribution in [0, 0.1) is 0 Å². The van der Waals surface area contributed by atoms with Crippen molar-refractivity contribution in [1.82, 2.24) is 15.5 Å². The third-order valence-corrected chi connectivity index (χ3v) is 7.30. The molecule has 3 atom stereocenters. The molecule has 2 amide bonds. The van der Waals surface area contributed by atoms with Gasteiger partial charge in [-0.15, -0.1) is 0 Å². The van der Waals surface area contributed by atoms with Crippen LogP contribution in [0.25, 0.3) is 10.8 Å². The van der Waals surface area contributed by atoms with Crippen molar-refractivity contribution in [3.63, 3.8) is 0 Å². The lowest BCUT2D eigenvalue weighted by Gasteiger charge is -2.28. The molecular formula is C29H35ClN4O2. The molecule has 1 aliphatic heterocycles. The molecule has 0 radical (unpaired) electrons. The summed E-state index contributed by atoms with van der Waals surface area (Å²) in [6.45, 7) is 4.29. The highest BCUT2D eigenvalue weighted by Crippen LogP contribution is 2.24. The maximum Gasteiger partial charge on any atom is 0.251 e. The number of benzene rings is 3. The first kappa shape index (κ1) is 26.1. The number of hydrogen-bond acceptors (Lipinski definition) is 4. The molecule has 0 spiro atoms. The van der Waals surface area contributed by atoms with Crippen molar-refractivity contribution in [3.05, 3.63) is 82.9 Å². The number of carbonyl (C=O) groups is 2. The lowest BCUT2D eigenvalue weighted by Crippen LogP contribution is -2.49. The first-order chi connectivity index (χ1) is 17.5. The molecular weight excluding hydrogens is 472 g/mol. The second-order valence-electron chi connectivity index (χ2n) is 9.50. The van der Waals surface area contributed by atoms with Crippen LogP contribution in [0.3, 0.4) is 0 Å². The first-order valence-corrected chi connectivity index (χ1v) is 13.1. The number of nitrogens with zero attached hydrogens (tertiary/aromatic N) is 1. The summed E-state index contributed by atoms with van der Waals surface area (Å²) in [5.41, 5.74) is 7.66. The summed E-state index contributed by atoms with van der Waals surface area (Å²) in [5, 5.41) is 9.38. The molecule has 1 unspecified atom stereocenters. The van der Waals surface area contributed by atoms with E-state index in [1.807, 2.05) is 71.6 Å². The molecule has 4 N–H and O–H groups in total. The maximum absolute atomic E-state index is 13.4. The van der Waals surface area contributed by atoms with Gasteiger partial charge in [0.05, 0.1) is 6.04 Å². The second kappa shape index (κ2) is 12.3. The van der Waals surface area contributed by atoms with Crippen molar-refractivity contribution < 1.29 is 9.59 Å². The van der Waals surface area contributed by atoms with Crippen LogP contribution in [0.15, 0.2) is 66.7 Å². The van der Waals surface area contributed by atoms with E-state index in [-0.39, 0.29) is 29.8 Å². The molecule has 36 heavy (non-hydrogen) atoms. The van der Waals surface area contributed by atoms with Crippen LogP contribution in [0.4, 0.5) is 0 Å². The lowest BCUT2D eigenvalue weighted by molar-refractivity contribution is -0.133. The van der Waals surface area contributed by atoms with Gasteiger partial charge in [-0.3, -0.25) is 9.59 Å². The van der Waals surface area contributed by atoms with E-state index in [0.29, 0.717) is 43.2 Å². The second-order valence-corrected chi connectivity index (χ2v) is 9.93. The van der Waals surface area contributed by atoms with Crippen LogP contribution in [-0.2, 0) is 4.79 Å². The number of halogens is 1. The Morgan fingerprint density at radius 3 is 2.61 bits per heavy atom. The van der Waals surface area contributed by atoms with E-state index in [9.17, 15) is 9.59 Å². The molecule has 0 bridgehead atoms. The van der Waals surface area contributed by atoms with Crippen molar-refractivity contribution in [2.24, 2.45) is 5.73 Å². The van der Waals surface area contributed by atoms with Crippen molar-refractivity contribution in [1.29, 1.82) is 0 Å². The van der Waals surface area contributed by atoms with Gasteiger partial charge in [0.1, 0.15) is 0 Å². The molecule has 1 aliphatic rings. The number of carbonyl (C=O) groups excluding carboxylic acids is 2. The number of nitrogens with two attached hydrogens (primary N) is 1. The average molecular weight is 507 g/mol. The van der Waals surface area contributed by atoms with E-state index < -0.39 is 0 Å². The molecule has 1 saturated heterocycles. The fraction of sp³-hybridized carbons (Fsp3) is 0.379. The molecule has 3 aromatic rings. The number of hydrogen-bond donors (Lipinski definition) is 3. The standard InChI is InChI=1S/C29H35ClN4O2/c1-2-20(22-9-11-25(30)12-10-22)19-34-16-14-26(33-27(13-15-31)29(34)36)18-32-28(35)24-8-7-21-5-3-4-6-23(21)17-24/h3-12,17,20,26-27,33H,2,13-16,18-19,31H2,1H3,(H,32,35)/t20?,26-,27-/m0/s1. The van der Waals surface area contributed by atoms with Gasteiger partial charge in [-0.25, -0.2) is 0 Å². The van der Waals surface area contributed by atoms with Crippen molar-refractivity contribution >= 4 is 34.2 Å². The van der Waals surface area contributed by atoms with E-state index in [1.54, 1.807) is 0 Å². The molecule has 4 rings (SSSR count). The van der Waals surface area contributed by atoms with Gasteiger partial charge >= 0.3 is 0 Å². The van der Waals surface area contributed by atoms with Crippen LogP contribution >= 0.6 is 11.6 Å². The minimum Gasteiger partial charge on any atom is -0.350 e. The molecule has 0 saturated carbocycles. The zero-order valence-electron chi connectivity index (χ0n) is 20.8. The Kier molecular flexibility index (Phi) is 8.97. The molecule has 190 valence electrons. The summed E-state index contributed by atoms with van der Waals surface area (Å²) in [6.07, 6.45) is 2.23. The van der Waals surface area contributed by atoms with Crippen LogP contribution in [0.2, 0.25) is 5.02 Å². The molecule has 6 nitrogen and oxygen atoms in total. The van der Waals surface area contributed by atoms with E-state index in [1.165, 1.54) is 5.56 Å². The third kappa shape index (κ3) is 6.44. The summed E-state index contributed by atoms with van der Waals surface area (Å²) >= 11 is 6.07. The van der Waals surface area contributed by atoms with Gasteiger partial charge in [0.25, 0.3) is 5.91 Å². The Bertz CT molecular complexity index is 1180.